The van der Waals surface area contributed by atoms with Crippen molar-refractivity contribution in [2.45, 2.75) is 19.4 Å². The molecule has 2 aromatic rings. The van der Waals surface area contributed by atoms with Crippen molar-refractivity contribution < 1.29 is 4.74 Å². The second-order valence-electron chi connectivity index (χ2n) is 4.55. The van der Waals surface area contributed by atoms with Gasteiger partial charge in [-0.25, -0.2) is 0 Å². The Bertz CT molecular complexity index is 545. The molecule has 1 unspecified atom stereocenters. The van der Waals surface area contributed by atoms with Gasteiger partial charge in [-0.05, 0) is 48.9 Å². The molecule has 0 fully saturated rings. The molecule has 106 valence electrons. The highest BCUT2D eigenvalue weighted by atomic mass is 35.5. The third-order valence-electron chi connectivity index (χ3n) is 3.14. The number of halogens is 1. The van der Waals surface area contributed by atoms with Gasteiger partial charge in [-0.1, -0.05) is 18.5 Å². The minimum atomic E-state index is 0.0478. The summed E-state index contributed by atoms with van der Waals surface area (Å²) in [6.45, 7) is 3.06. The van der Waals surface area contributed by atoms with Crippen molar-refractivity contribution in [2.24, 2.45) is 0 Å². The number of nitrogens with one attached hydrogen (secondary N) is 1. The second kappa shape index (κ2) is 7.27. The molecule has 3 nitrogen and oxygen atoms in total. The Kier molecular flexibility index (Phi) is 5.39. The first-order valence-corrected chi connectivity index (χ1v) is 7.10. The molecule has 1 N–H and O–H groups in total. The number of methoxy groups -OCH3 is 1. The lowest BCUT2D eigenvalue weighted by Gasteiger charge is -2.22. The van der Waals surface area contributed by atoms with Crippen molar-refractivity contribution in [1.82, 2.24) is 10.3 Å². The molecule has 0 aliphatic rings. The summed E-state index contributed by atoms with van der Waals surface area (Å²) in [5.41, 5.74) is 2.19. The maximum atomic E-state index is 6.14. The van der Waals surface area contributed by atoms with Crippen LogP contribution in [-0.4, -0.2) is 18.6 Å². The van der Waals surface area contributed by atoms with Crippen LogP contribution in [-0.2, 0) is 0 Å². The van der Waals surface area contributed by atoms with Crippen LogP contribution in [0, 0.1) is 0 Å². The number of hydrogen-bond acceptors (Lipinski definition) is 3. The molecule has 0 saturated heterocycles. The zero-order valence-corrected chi connectivity index (χ0v) is 12.5. The van der Waals surface area contributed by atoms with Crippen LogP contribution in [0.25, 0.3) is 0 Å². The van der Waals surface area contributed by atoms with E-state index in [-0.39, 0.29) is 6.04 Å². The second-order valence-corrected chi connectivity index (χ2v) is 4.99. The molecule has 1 aromatic carbocycles. The van der Waals surface area contributed by atoms with Gasteiger partial charge in [0, 0.05) is 23.0 Å². The van der Waals surface area contributed by atoms with Gasteiger partial charge in [-0.3, -0.25) is 4.98 Å². The van der Waals surface area contributed by atoms with E-state index in [1.807, 2.05) is 30.3 Å². The zero-order valence-electron chi connectivity index (χ0n) is 11.8. The number of pyridine rings is 1. The Balaban J connectivity index is 2.43. The number of hydrogen-bond donors (Lipinski definition) is 1. The molecule has 0 bridgehead atoms. The van der Waals surface area contributed by atoms with Gasteiger partial charge in [0.15, 0.2) is 0 Å². The number of rotatable bonds is 6. The van der Waals surface area contributed by atoms with Crippen LogP contribution < -0.4 is 10.1 Å². The van der Waals surface area contributed by atoms with Crippen molar-refractivity contribution in [3.8, 4) is 5.75 Å². The highest BCUT2D eigenvalue weighted by Gasteiger charge is 2.18. The predicted octanol–water partition coefficient (Wildman–Crippen LogP) is 3.83. The lowest BCUT2D eigenvalue weighted by molar-refractivity contribution is 0.404. The number of nitrogens with zero attached hydrogens (tertiary/aromatic N) is 1. The molecule has 0 aliphatic heterocycles. The van der Waals surface area contributed by atoms with Crippen LogP contribution in [0.5, 0.6) is 5.75 Å². The summed E-state index contributed by atoms with van der Waals surface area (Å²) < 4.78 is 5.47. The normalized spacial score (nSPS) is 12.2. The van der Waals surface area contributed by atoms with E-state index in [2.05, 4.69) is 17.2 Å². The Hall–Kier alpha value is -1.58. The van der Waals surface area contributed by atoms with Crippen molar-refractivity contribution in [1.29, 1.82) is 0 Å². The predicted molar refractivity (Wildman–Crippen MR) is 82.4 cm³/mol. The standard InChI is InChI=1S/C16H19ClN2O/c1-3-8-19-16(12-6-9-18-10-7-12)14-11-13(17)4-5-15(14)20-2/h4-7,9-11,16,19H,3,8H2,1-2H3. The number of aromatic nitrogens is 1. The summed E-state index contributed by atoms with van der Waals surface area (Å²) in [6.07, 6.45) is 4.66. The molecule has 1 aromatic heterocycles. The molecule has 4 heteroatoms. The topological polar surface area (TPSA) is 34.2 Å². The van der Waals surface area contributed by atoms with Gasteiger partial charge in [0.25, 0.3) is 0 Å². The minimum absolute atomic E-state index is 0.0478. The van der Waals surface area contributed by atoms with Crippen LogP contribution in [0.2, 0.25) is 5.02 Å². The molecule has 0 aliphatic carbocycles. The molecule has 0 radical (unpaired) electrons. The van der Waals surface area contributed by atoms with Crippen molar-refractivity contribution in [3.05, 3.63) is 58.9 Å². The first kappa shape index (κ1) is 14.8. The molecule has 2 rings (SSSR count). The molecule has 1 atom stereocenters. The minimum Gasteiger partial charge on any atom is -0.496 e. The van der Waals surface area contributed by atoms with Gasteiger partial charge < -0.3 is 10.1 Å². The van der Waals surface area contributed by atoms with Gasteiger partial charge in [0.05, 0.1) is 13.2 Å². The van der Waals surface area contributed by atoms with Gasteiger partial charge in [-0.2, -0.15) is 0 Å². The molecular formula is C16H19ClN2O. The fourth-order valence-corrected chi connectivity index (χ4v) is 2.36. The maximum absolute atomic E-state index is 6.14. The highest BCUT2D eigenvalue weighted by molar-refractivity contribution is 6.30. The Morgan fingerprint density at radius 2 is 2.00 bits per heavy atom. The SMILES string of the molecule is CCCNC(c1ccncc1)c1cc(Cl)ccc1OC. The fourth-order valence-electron chi connectivity index (χ4n) is 2.18. The van der Waals surface area contributed by atoms with Crippen LogP contribution in [0.15, 0.2) is 42.7 Å². The molecular weight excluding hydrogens is 272 g/mol. The van der Waals surface area contributed by atoms with Crippen molar-refractivity contribution in [3.63, 3.8) is 0 Å². The van der Waals surface area contributed by atoms with E-state index in [1.165, 1.54) is 0 Å². The van der Waals surface area contributed by atoms with Crippen molar-refractivity contribution in [2.75, 3.05) is 13.7 Å². The van der Waals surface area contributed by atoms with E-state index in [1.54, 1.807) is 19.5 Å². The molecule has 0 amide bonds. The van der Waals surface area contributed by atoms with E-state index in [0.717, 1.165) is 29.8 Å². The summed E-state index contributed by atoms with van der Waals surface area (Å²) in [6, 6.07) is 9.76. The van der Waals surface area contributed by atoms with E-state index in [9.17, 15) is 0 Å². The quantitative estimate of drug-likeness (QED) is 0.878. The largest absolute Gasteiger partial charge is 0.496 e. The lowest BCUT2D eigenvalue weighted by atomic mass is 9.98. The lowest BCUT2D eigenvalue weighted by Crippen LogP contribution is -2.23. The van der Waals surface area contributed by atoms with Gasteiger partial charge in [0.2, 0.25) is 0 Å². The average Bonchev–Trinajstić information content (AvgIpc) is 2.49. The zero-order chi connectivity index (χ0) is 14.4. The number of ether oxygens (including phenoxy) is 1. The van der Waals surface area contributed by atoms with Crippen LogP contribution >= 0.6 is 11.6 Å². The maximum Gasteiger partial charge on any atom is 0.124 e. The first-order valence-electron chi connectivity index (χ1n) is 6.73. The van der Waals surface area contributed by atoms with Gasteiger partial charge in [0.1, 0.15) is 5.75 Å². The van der Waals surface area contributed by atoms with E-state index < -0.39 is 0 Å². The van der Waals surface area contributed by atoms with Crippen LogP contribution in [0.1, 0.15) is 30.5 Å². The van der Waals surface area contributed by atoms with Crippen LogP contribution in [0.3, 0.4) is 0 Å². The van der Waals surface area contributed by atoms with E-state index in [0.29, 0.717) is 5.02 Å². The summed E-state index contributed by atoms with van der Waals surface area (Å²) in [4.78, 5) is 4.08. The number of benzene rings is 1. The Morgan fingerprint density at radius 3 is 2.65 bits per heavy atom. The summed E-state index contributed by atoms with van der Waals surface area (Å²) in [5, 5.41) is 4.24. The molecule has 0 saturated carbocycles. The summed E-state index contributed by atoms with van der Waals surface area (Å²) >= 11 is 6.14. The van der Waals surface area contributed by atoms with Crippen LogP contribution in [0.4, 0.5) is 0 Å². The van der Waals surface area contributed by atoms with E-state index >= 15 is 0 Å². The van der Waals surface area contributed by atoms with Gasteiger partial charge >= 0.3 is 0 Å². The molecule has 20 heavy (non-hydrogen) atoms. The van der Waals surface area contributed by atoms with Gasteiger partial charge in [-0.15, -0.1) is 0 Å². The summed E-state index contributed by atoms with van der Waals surface area (Å²) in [7, 11) is 1.68. The first-order chi connectivity index (χ1) is 9.76. The fraction of sp³-hybridized carbons (Fsp3) is 0.312. The third-order valence-corrected chi connectivity index (χ3v) is 3.38. The Labute approximate surface area is 124 Å². The third kappa shape index (κ3) is 3.50. The summed E-state index contributed by atoms with van der Waals surface area (Å²) in [5.74, 6) is 0.833. The monoisotopic (exact) mass is 290 g/mol. The van der Waals surface area contributed by atoms with E-state index in [4.69, 9.17) is 16.3 Å². The Morgan fingerprint density at radius 1 is 1.25 bits per heavy atom. The highest BCUT2D eigenvalue weighted by Crippen LogP contribution is 2.32. The average molecular weight is 291 g/mol. The smallest absolute Gasteiger partial charge is 0.124 e. The molecule has 0 spiro atoms. The van der Waals surface area contributed by atoms with Crippen molar-refractivity contribution >= 4 is 11.6 Å². The molecule has 1 heterocycles.